The van der Waals surface area contributed by atoms with Gasteiger partial charge in [0.1, 0.15) is 11.5 Å². The molecule has 0 atom stereocenters. The molecule has 0 fully saturated rings. The van der Waals surface area contributed by atoms with E-state index < -0.39 is 0 Å². The van der Waals surface area contributed by atoms with Crippen LogP contribution in [0.3, 0.4) is 0 Å². The number of imide groups is 1. The van der Waals surface area contributed by atoms with E-state index in [2.05, 4.69) is 6.07 Å². The molecule has 4 nitrogen and oxygen atoms in total. The third-order valence-corrected chi connectivity index (χ3v) is 5.89. The maximum atomic E-state index is 13.6. The first kappa shape index (κ1) is 19.2. The molecule has 0 aliphatic carbocycles. The highest BCUT2D eigenvalue weighted by molar-refractivity contribution is 6.36. The average molecular weight is 412 g/mol. The number of benzene rings is 3. The number of fused-ring (bicyclic) bond motifs is 1. The van der Waals surface area contributed by atoms with Crippen molar-refractivity contribution in [3.8, 4) is 0 Å². The predicted octanol–water partition coefficient (Wildman–Crippen LogP) is 4.48. The van der Waals surface area contributed by atoms with E-state index >= 15 is 0 Å². The molecule has 0 unspecified atom stereocenters. The van der Waals surface area contributed by atoms with E-state index in [1.807, 2.05) is 54.3 Å². The van der Waals surface area contributed by atoms with Crippen molar-refractivity contribution in [2.75, 3.05) is 11.4 Å². The summed E-state index contributed by atoms with van der Waals surface area (Å²) in [6.07, 6.45) is 0.820. The molecule has 0 saturated carbocycles. The zero-order valence-electron chi connectivity index (χ0n) is 17.1. The van der Waals surface area contributed by atoms with E-state index in [1.54, 1.807) is 12.1 Å². The van der Waals surface area contributed by atoms with Gasteiger partial charge in [-0.15, -0.1) is 0 Å². The molecule has 0 radical (unpaired) electrons. The lowest BCUT2D eigenvalue weighted by molar-refractivity contribution is -0.137. The lowest BCUT2D eigenvalue weighted by Gasteiger charge is -2.22. The molecule has 0 bridgehead atoms. The van der Waals surface area contributed by atoms with Gasteiger partial charge < -0.3 is 4.90 Å². The lowest BCUT2D eigenvalue weighted by atomic mass is 10.0. The molecule has 2 aliphatic heterocycles. The van der Waals surface area contributed by atoms with E-state index in [0.29, 0.717) is 23.4 Å². The number of aryl methyl sites for hydroxylation is 1. The largest absolute Gasteiger partial charge is 0.336 e. The Morgan fingerprint density at radius 2 is 1.58 bits per heavy atom. The van der Waals surface area contributed by atoms with Crippen LogP contribution < -0.4 is 4.90 Å². The fraction of sp³-hybridized carbons (Fsp3) is 0.154. The van der Waals surface area contributed by atoms with Crippen molar-refractivity contribution in [1.29, 1.82) is 0 Å². The van der Waals surface area contributed by atoms with Crippen LogP contribution in [0.15, 0.2) is 78.5 Å². The van der Waals surface area contributed by atoms with Gasteiger partial charge in [0.2, 0.25) is 0 Å². The van der Waals surface area contributed by atoms with Crippen LogP contribution in [-0.2, 0) is 22.6 Å². The summed E-state index contributed by atoms with van der Waals surface area (Å²) in [5.74, 6) is -0.991. The standard InChI is InChI=1S/C26H21FN2O2/c1-17-6-10-20(11-7-17)23-24(28-15-14-19-4-2-3-5-22(19)28)26(31)29(25(23)30)16-18-8-12-21(27)13-9-18/h2-13H,14-16H2,1H3. The molecule has 3 aromatic rings. The van der Waals surface area contributed by atoms with E-state index in [-0.39, 0.29) is 24.2 Å². The molecule has 3 aromatic carbocycles. The van der Waals surface area contributed by atoms with Gasteiger partial charge in [-0.25, -0.2) is 4.39 Å². The summed E-state index contributed by atoms with van der Waals surface area (Å²) in [5, 5.41) is 0. The third kappa shape index (κ3) is 3.32. The number of nitrogens with zero attached hydrogens (tertiary/aromatic N) is 2. The smallest absolute Gasteiger partial charge is 0.278 e. The molecule has 31 heavy (non-hydrogen) atoms. The highest BCUT2D eigenvalue weighted by atomic mass is 19.1. The third-order valence-electron chi connectivity index (χ3n) is 5.89. The number of carbonyl (C=O) groups is 2. The van der Waals surface area contributed by atoms with Crippen LogP contribution in [0.2, 0.25) is 0 Å². The normalized spacial score (nSPS) is 15.8. The molecule has 2 aliphatic rings. The number of carbonyl (C=O) groups excluding carboxylic acids is 2. The Morgan fingerprint density at radius 1 is 0.871 bits per heavy atom. The Morgan fingerprint density at radius 3 is 2.32 bits per heavy atom. The van der Waals surface area contributed by atoms with E-state index in [1.165, 1.54) is 17.0 Å². The van der Waals surface area contributed by atoms with Crippen LogP contribution in [0.25, 0.3) is 5.57 Å². The Hall–Kier alpha value is -3.73. The summed E-state index contributed by atoms with van der Waals surface area (Å²) < 4.78 is 13.3. The highest BCUT2D eigenvalue weighted by Crippen LogP contribution is 2.39. The molecule has 5 rings (SSSR count). The predicted molar refractivity (Wildman–Crippen MR) is 118 cm³/mol. The van der Waals surface area contributed by atoms with E-state index in [0.717, 1.165) is 28.8 Å². The number of hydrogen-bond donors (Lipinski definition) is 0. The number of halogens is 1. The van der Waals surface area contributed by atoms with Gasteiger partial charge >= 0.3 is 0 Å². The summed E-state index contributed by atoms with van der Waals surface area (Å²) in [6, 6.07) is 21.5. The molecule has 0 saturated heterocycles. The SMILES string of the molecule is Cc1ccc(C2=C(N3CCc4ccccc43)C(=O)N(Cc3ccc(F)cc3)C2=O)cc1. The number of para-hydroxylation sites is 1. The van der Waals surface area contributed by atoms with Crippen molar-refractivity contribution in [3.05, 3.63) is 107 Å². The summed E-state index contributed by atoms with van der Waals surface area (Å²) in [7, 11) is 0. The Bertz CT molecular complexity index is 1210. The van der Waals surface area contributed by atoms with E-state index in [9.17, 15) is 14.0 Å². The average Bonchev–Trinajstić information content (AvgIpc) is 3.30. The van der Waals surface area contributed by atoms with Crippen molar-refractivity contribution >= 4 is 23.1 Å². The number of rotatable bonds is 4. The second-order valence-corrected chi connectivity index (χ2v) is 7.94. The van der Waals surface area contributed by atoms with Gasteiger partial charge in [0.15, 0.2) is 0 Å². The van der Waals surface area contributed by atoms with Crippen LogP contribution in [-0.4, -0.2) is 23.3 Å². The van der Waals surface area contributed by atoms with Crippen LogP contribution in [0.1, 0.15) is 22.3 Å². The van der Waals surface area contributed by atoms with Crippen molar-refractivity contribution in [2.45, 2.75) is 19.9 Å². The first-order valence-electron chi connectivity index (χ1n) is 10.3. The molecule has 0 N–H and O–H groups in total. The zero-order valence-corrected chi connectivity index (χ0v) is 17.1. The Kier molecular flexibility index (Phi) is 4.66. The highest BCUT2D eigenvalue weighted by Gasteiger charge is 2.43. The molecule has 5 heteroatoms. The van der Waals surface area contributed by atoms with Gasteiger partial charge in [-0.3, -0.25) is 14.5 Å². The minimum atomic E-state index is -0.351. The summed E-state index contributed by atoms with van der Waals surface area (Å²) in [5.41, 5.74) is 5.48. The fourth-order valence-electron chi connectivity index (χ4n) is 4.28. The minimum Gasteiger partial charge on any atom is -0.336 e. The molecule has 0 spiro atoms. The Labute approximate surface area is 180 Å². The Balaban J connectivity index is 1.60. The topological polar surface area (TPSA) is 40.6 Å². The molecule has 2 heterocycles. The molecule has 2 amide bonds. The molecular formula is C26H21FN2O2. The summed E-state index contributed by atoms with van der Waals surface area (Å²) in [4.78, 5) is 30.3. The number of amides is 2. The van der Waals surface area contributed by atoms with Crippen molar-refractivity contribution in [3.63, 3.8) is 0 Å². The van der Waals surface area contributed by atoms with Gasteiger partial charge in [0.05, 0.1) is 12.1 Å². The van der Waals surface area contributed by atoms with Gasteiger partial charge in [0.25, 0.3) is 11.8 Å². The first-order chi connectivity index (χ1) is 15.0. The van der Waals surface area contributed by atoms with Crippen molar-refractivity contribution in [2.24, 2.45) is 0 Å². The van der Waals surface area contributed by atoms with Gasteiger partial charge in [-0.05, 0) is 48.2 Å². The second-order valence-electron chi connectivity index (χ2n) is 7.94. The number of hydrogen-bond acceptors (Lipinski definition) is 3. The molecular weight excluding hydrogens is 391 g/mol. The lowest BCUT2D eigenvalue weighted by Crippen LogP contribution is -2.34. The van der Waals surface area contributed by atoms with Crippen molar-refractivity contribution in [1.82, 2.24) is 4.90 Å². The maximum absolute atomic E-state index is 13.6. The van der Waals surface area contributed by atoms with Crippen molar-refractivity contribution < 1.29 is 14.0 Å². The zero-order chi connectivity index (χ0) is 21.5. The minimum absolute atomic E-state index is 0.103. The van der Waals surface area contributed by atoms with Crippen LogP contribution >= 0.6 is 0 Å². The molecule has 0 aromatic heterocycles. The van der Waals surface area contributed by atoms with Gasteiger partial charge in [-0.2, -0.15) is 0 Å². The number of anilines is 1. The quantitative estimate of drug-likeness (QED) is 0.594. The molecule has 154 valence electrons. The van der Waals surface area contributed by atoms with Gasteiger partial charge in [-0.1, -0.05) is 60.2 Å². The fourth-order valence-corrected chi connectivity index (χ4v) is 4.28. The first-order valence-corrected chi connectivity index (χ1v) is 10.3. The maximum Gasteiger partial charge on any atom is 0.278 e. The van der Waals surface area contributed by atoms with E-state index in [4.69, 9.17) is 0 Å². The monoisotopic (exact) mass is 412 g/mol. The van der Waals surface area contributed by atoms with Crippen LogP contribution in [0.4, 0.5) is 10.1 Å². The summed E-state index contributed by atoms with van der Waals surface area (Å²) >= 11 is 0. The summed E-state index contributed by atoms with van der Waals surface area (Å²) in [6.45, 7) is 2.73. The van der Waals surface area contributed by atoms with Crippen LogP contribution in [0.5, 0.6) is 0 Å². The van der Waals surface area contributed by atoms with Gasteiger partial charge in [0, 0.05) is 12.2 Å². The second kappa shape index (κ2) is 7.51. The van der Waals surface area contributed by atoms with Crippen LogP contribution in [0, 0.1) is 12.7 Å².